The highest BCUT2D eigenvalue weighted by molar-refractivity contribution is 7.85. The number of Topliss-reactive ketones (excluding diaryl/α,β-unsaturated/α-hetero) is 1. The first kappa shape index (κ1) is 15.7. The minimum Gasteiger partial charge on any atom is -0.293 e. The molecule has 6 heteroatoms. The van der Waals surface area contributed by atoms with Gasteiger partial charge >= 0.3 is 0 Å². The summed E-state index contributed by atoms with van der Waals surface area (Å²) in [5.74, 6) is -0.409. The van der Waals surface area contributed by atoms with Crippen LogP contribution < -0.4 is 0 Å². The Bertz CT molecular complexity index is 751. The predicted octanol–water partition coefficient (Wildman–Crippen LogP) is 3.86. The van der Waals surface area contributed by atoms with Crippen LogP contribution in [0.1, 0.15) is 15.9 Å². The number of hydrogen-bond acceptors (Lipinski definition) is 3. The Balaban J connectivity index is 2.12. The Hall–Kier alpha value is -1.67. The Labute approximate surface area is 134 Å². The summed E-state index contributed by atoms with van der Waals surface area (Å²) in [5, 5.41) is 9.37. The molecule has 0 radical (unpaired) electrons. The van der Waals surface area contributed by atoms with Gasteiger partial charge in [0.1, 0.15) is 0 Å². The fourth-order valence-electron chi connectivity index (χ4n) is 1.63. The van der Waals surface area contributed by atoms with Crippen LogP contribution in [-0.2, 0) is 10.8 Å². The van der Waals surface area contributed by atoms with Gasteiger partial charge < -0.3 is 0 Å². The molecule has 3 nitrogen and oxygen atoms in total. The fourth-order valence-corrected chi connectivity index (χ4v) is 3.04. The zero-order chi connectivity index (χ0) is 15.4. The lowest BCUT2D eigenvalue weighted by Gasteiger charge is -2.04. The van der Waals surface area contributed by atoms with Crippen molar-refractivity contribution in [3.63, 3.8) is 0 Å². The lowest BCUT2D eigenvalue weighted by Crippen LogP contribution is -2.11. The monoisotopic (exact) mass is 337 g/mol. The zero-order valence-electron chi connectivity index (χ0n) is 10.7. The van der Waals surface area contributed by atoms with Gasteiger partial charge in [0, 0.05) is 10.5 Å². The van der Waals surface area contributed by atoms with Crippen LogP contribution in [0.15, 0.2) is 47.4 Å². The van der Waals surface area contributed by atoms with E-state index in [-0.39, 0.29) is 11.5 Å². The maximum atomic E-state index is 12.2. The molecule has 1 atom stereocenters. The average Bonchev–Trinajstić information content (AvgIpc) is 2.50. The van der Waals surface area contributed by atoms with Gasteiger partial charge in [0.15, 0.2) is 5.78 Å². The normalized spacial score (nSPS) is 11.7. The van der Waals surface area contributed by atoms with Gasteiger partial charge in [0.2, 0.25) is 0 Å². The second-order valence-electron chi connectivity index (χ2n) is 4.18. The van der Waals surface area contributed by atoms with E-state index in [0.717, 1.165) is 0 Å². The first-order chi connectivity index (χ1) is 10.0. The van der Waals surface area contributed by atoms with Crippen molar-refractivity contribution in [2.45, 2.75) is 4.90 Å². The molecular formula is C15H9Cl2NO2S. The second-order valence-corrected chi connectivity index (χ2v) is 6.44. The first-order valence-corrected chi connectivity index (χ1v) is 7.95. The summed E-state index contributed by atoms with van der Waals surface area (Å²) in [6.45, 7) is 0. The van der Waals surface area contributed by atoms with E-state index in [4.69, 9.17) is 28.5 Å². The summed E-state index contributed by atoms with van der Waals surface area (Å²) in [6, 6.07) is 12.8. The van der Waals surface area contributed by atoms with Crippen LogP contribution in [0.3, 0.4) is 0 Å². The summed E-state index contributed by atoms with van der Waals surface area (Å²) in [5.41, 5.74) is 0.888. The molecule has 0 aliphatic carbocycles. The summed E-state index contributed by atoms with van der Waals surface area (Å²) in [6.07, 6.45) is 0. The molecule has 0 spiro atoms. The summed E-state index contributed by atoms with van der Waals surface area (Å²) in [4.78, 5) is 12.5. The fraction of sp³-hybridized carbons (Fsp3) is 0.0667. The Morgan fingerprint density at radius 3 is 2.33 bits per heavy atom. The van der Waals surface area contributed by atoms with E-state index in [1.807, 2.05) is 6.07 Å². The largest absolute Gasteiger partial charge is 0.293 e. The molecule has 2 aromatic carbocycles. The molecule has 0 amide bonds. The van der Waals surface area contributed by atoms with Gasteiger partial charge in [-0.05, 0) is 30.3 Å². The molecule has 0 aliphatic heterocycles. The predicted molar refractivity (Wildman–Crippen MR) is 83.2 cm³/mol. The molecule has 0 saturated carbocycles. The van der Waals surface area contributed by atoms with E-state index in [9.17, 15) is 9.00 Å². The third-order valence-electron chi connectivity index (χ3n) is 2.75. The van der Waals surface area contributed by atoms with Crippen molar-refractivity contribution in [2.24, 2.45) is 0 Å². The SMILES string of the molecule is N#Cc1ccc(C(=O)CS(=O)c2ccc(Cl)c(Cl)c2)cc1. The highest BCUT2D eigenvalue weighted by Crippen LogP contribution is 2.24. The highest BCUT2D eigenvalue weighted by atomic mass is 35.5. The highest BCUT2D eigenvalue weighted by Gasteiger charge is 2.13. The molecule has 2 aromatic rings. The maximum absolute atomic E-state index is 12.2. The molecule has 21 heavy (non-hydrogen) atoms. The molecule has 1 unspecified atom stereocenters. The minimum atomic E-state index is -1.50. The van der Waals surface area contributed by atoms with Crippen LogP contribution in [0.4, 0.5) is 0 Å². The standard InChI is InChI=1S/C15H9Cl2NO2S/c16-13-6-5-12(7-14(13)17)21(20)9-15(19)11-3-1-10(8-18)2-4-11/h1-7H,9H2. The van der Waals surface area contributed by atoms with Crippen LogP contribution in [0.2, 0.25) is 10.0 Å². The average molecular weight is 338 g/mol. The molecule has 0 fully saturated rings. The van der Waals surface area contributed by atoms with Gasteiger partial charge in [0.05, 0.1) is 38.2 Å². The van der Waals surface area contributed by atoms with Crippen molar-refractivity contribution in [3.05, 3.63) is 63.6 Å². The summed E-state index contributed by atoms with van der Waals surface area (Å²) in [7, 11) is -1.50. The lowest BCUT2D eigenvalue weighted by atomic mass is 10.1. The number of benzene rings is 2. The number of carbonyl (C=O) groups excluding carboxylic acids is 1. The van der Waals surface area contributed by atoms with Crippen molar-refractivity contribution >= 4 is 39.8 Å². The molecule has 0 heterocycles. The van der Waals surface area contributed by atoms with Crippen molar-refractivity contribution in [2.75, 3.05) is 5.75 Å². The smallest absolute Gasteiger partial charge is 0.175 e. The number of nitriles is 1. The van der Waals surface area contributed by atoms with Crippen LogP contribution in [0.25, 0.3) is 0 Å². The van der Waals surface area contributed by atoms with E-state index >= 15 is 0 Å². The van der Waals surface area contributed by atoms with Crippen molar-refractivity contribution in [3.8, 4) is 6.07 Å². The molecule has 106 valence electrons. The Kier molecular flexibility index (Phi) is 5.13. The minimum absolute atomic E-state index is 0.149. The van der Waals surface area contributed by atoms with Gasteiger partial charge in [-0.3, -0.25) is 9.00 Å². The van der Waals surface area contributed by atoms with Gasteiger partial charge in [-0.2, -0.15) is 5.26 Å². The third kappa shape index (κ3) is 3.92. The number of halogens is 2. The van der Waals surface area contributed by atoms with Gasteiger partial charge in [-0.25, -0.2) is 0 Å². The zero-order valence-corrected chi connectivity index (χ0v) is 13.0. The molecule has 0 bridgehead atoms. The van der Waals surface area contributed by atoms with Gasteiger partial charge in [0.25, 0.3) is 0 Å². The van der Waals surface area contributed by atoms with Gasteiger partial charge in [-0.15, -0.1) is 0 Å². The number of carbonyl (C=O) groups is 1. The maximum Gasteiger partial charge on any atom is 0.175 e. The quantitative estimate of drug-likeness (QED) is 0.796. The van der Waals surface area contributed by atoms with E-state index in [1.165, 1.54) is 6.07 Å². The van der Waals surface area contributed by atoms with Gasteiger partial charge in [-0.1, -0.05) is 35.3 Å². The second kappa shape index (κ2) is 6.86. The number of hydrogen-bond donors (Lipinski definition) is 0. The lowest BCUT2D eigenvalue weighted by molar-refractivity contribution is 0.102. The number of rotatable bonds is 4. The Morgan fingerprint density at radius 1 is 1.10 bits per heavy atom. The third-order valence-corrected chi connectivity index (χ3v) is 4.80. The molecular weight excluding hydrogens is 329 g/mol. The Morgan fingerprint density at radius 2 is 1.76 bits per heavy atom. The van der Waals surface area contributed by atoms with Crippen LogP contribution in [0.5, 0.6) is 0 Å². The molecule has 0 aliphatic rings. The van der Waals surface area contributed by atoms with Crippen LogP contribution in [-0.4, -0.2) is 15.7 Å². The molecule has 2 rings (SSSR count). The van der Waals surface area contributed by atoms with E-state index in [1.54, 1.807) is 36.4 Å². The van der Waals surface area contributed by atoms with Crippen molar-refractivity contribution < 1.29 is 9.00 Å². The first-order valence-electron chi connectivity index (χ1n) is 5.88. The van der Waals surface area contributed by atoms with E-state index in [2.05, 4.69) is 0 Å². The molecule has 0 saturated heterocycles. The molecule has 0 aromatic heterocycles. The van der Waals surface area contributed by atoms with Crippen molar-refractivity contribution in [1.29, 1.82) is 5.26 Å². The number of nitrogens with zero attached hydrogens (tertiary/aromatic N) is 1. The van der Waals surface area contributed by atoms with E-state index in [0.29, 0.717) is 26.1 Å². The summed E-state index contributed by atoms with van der Waals surface area (Å²) < 4.78 is 12.2. The van der Waals surface area contributed by atoms with Crippen LogP contribution in [0, 0.1) is 11.3 Å². The summed E-state index contributed by atoms with van der Waals surface area (Å²) >= 11 is 11.7. The van der Waals surface area contributed by atoms with Crippen LogP contribution >= 0.6 is 23.2 Å². The topological polar surface area (TPSA) is 57.9 Å². The van der Waals surface area contributed by atoms with E-state index < -0.39 is 10.8 Å². The number of ketones is 1. The molecule has 0 N–H and O–H groups in total. The van der Waals surface area contributed by atoms with Crippen molar-refractivity contribution in [1.82, 2.24) is 0 Å².